The van der Waals surface area contributed by atoms with Gasteiger partial charge < -0.3 is 29.7 Å². The molecular formula is C35H51NO10. The minimum Gasteiger partial charge on any atom is -0.460 e. The quantitative estimate of drug-likeness (QED) is 0.258. The van der Waals surface area contributed by atoms with Gasteiger partial charge in [0.1, 0.15) is 22.8 Å². The molecule has 0 saturated heterocycles. The lowest BCUT2D eigenvalue weighted by atomic mass is 9.46. The highest BCUT2D eigenvalue weighted by molar-refractivity contribution is 6.01. The lowest BCUT2D eigenvalue weighted by molar-refractivity contribution is -0.181. The number of amides is 1. The molecule has 0 radical (unpaired) electrons. The summed E-state index contributed by atoms with van der Waals surface area (Å²) in [5, 5.41) is 26.0. The smallest absolute Gasteiger partial charge is 0.408 e. The Morgan fingerprint density at radius 3 is 2.33 bits per heavy atom. The molecule has 0 heterocycles. The summed E-state index contributed by atoms with van der Waals surface area (Å²) in [6, 6.07) is -1.31. The molecule has 8 atom stereocenters. The Morgan fingerprint density at radius 2 is 1.70 bits per heavy atom. The van der Waals surface area contributed by atoms with Gasteiger partial charge >= 0.3 is 18.0 Å². The summed E-state index contributed by atoms with van der Waals surface area (Å²) in [5.74, 6) is -2.45. The maximum atomic E-state index is 13.7. The number of aliphatic hydroxyl groups excluding tert-OH is 1. The van der Waals surface area contributed by atoms with Crippen LogP contribution in [0.4, 0.5) is 4.79 Å². The van der Waals surface area contributed by atoms with E-state index in [1.165, 1.54) is 0 Å². The molecule has 0 bridgehead atoms. The molecule has 4 aliphatic carbocycles. The standard InChI is InChI=1S/C35H51NO10/c1-31(2,3)45-27(40)12-11-24(36-30(42)46-32(4,5)6)29(41)44-19-26(39)35(43)16-14-23-22-10-9-20-17-21(37)13-15-33(20,7)28(22)25(38)18-34(23,35)8/h13,15,17,22-25,28,38,43H,9-12,14,16,18-19H2,1-8H3,(H,36,42)/t22-,23+,24-,25+,28-,33-,34-,35-/m0/s1. The van der Waals surface area contributed by atoms with Crippen LogP contribution in [0.2, 0.25) is 0 Å². The first-order valence-corrected chi connectivity index (χ1v) is 16.4. The number of aliphatic hydroxyl groups is 2. The molecule has 0 aromatic heterocycles. The highest BCUT2D eigenvalue weighted by atomic mass is 16.6. The number of nitrogens with one attached hydrogen (secondary N) is 1. The molecule has 1 amide bonds. The first-order chi connectivity index (χ1) is 21.1. The predicted octanol–water partition coefficient (Wildman–Crippen LogP) is 4.12. The molecule has 0 aromatic carbocycles. The van der Waals surface area contributed by atoms with E-state index in [1.54, 1.807) is 53.7 Å². The minimum atomic E-state index is -1.84. The number of ether oxygens (including phenoxy) is 3. The number of Topliss-reactive ketones (excluding diaryl/α,β-unsaturated/α-hetero) is 1. The number of hydrogen-bond acceptors (Lipinski definition) is 10. The Morgan fingerprint density at radius 1 is 1.04 bits per heavy atom. The van der Waals surface area contributed by atoms with E-state index in [0.717, 1.165) is 12.0 Å². The van der Waals surface area contributed by atoms with Gasteiger partial charge in [0, 0.05) is 23.2 Å². The molecule has 0 unspecified atom stereocenters. The summed E-state index contributed by atoms with van der Waals surface area (Å²) >= 11 is 0. The van der Waals surface area contributed by atoms with Crippen molar-refractivity contribution in [2.24, 2.45) is 28.6 Å². The van der Waals surface area contributed by atoms with Crippen LogP contribution in [0.5, 0.6) is 0 Å². The lowest BCUT2D eigenvalue weighted by Crippen LogP contribution is -2.61. The third-order valence-corrected chi connectivity index (χ3v) is 10.5. The van der Waals surface area contributed by atoms with Gasteiger partial charge in [0.05, 0.1) is 6.10 Å². The third kappa shape index (κ3) is 7.10. The van der Waals surface area contributed by atoms with Crippen molar-refractivity contribution in [1.29, 1.82) is 0 Å². The van der Waals surface area contributed by atoms with Gasteiger partial charge in [-0.3, -0.25) is 14.4 Å². The van der Waals surface area contributed by atoms with E-state index in [-0.39, 0.29) is 49.2 Å². The molecule has 256 valence electrons. The first kappa shape index (κ1) is 35.8. The number of ketones is 2. The van der Waals surface area contributed by atoms with Gasteiger partial charge in [0.25, 0.3) is 0 Å². The van der Waals surface area contributed by atoms with E-state index in [1.807, 2.05) is 13.0 Å². The van der Waals surface area contributed by atoms with E-state index in [9.17, 15) is 34.2 Å². The van der Waals surface area contributed by atoms with Crippen LogP contribution in [0.3, 0.4) is 0 Å². The molecule has 3 fully saturated rings. The maximum absolute atomic E-state index is 13.7. The Kier molecular flexibility index (Phi) is 9.75. The van der Waals surface area contributed by atoms with Crippen LogP contribution in [-0.2, 0) is 33.4 Å². The molecule has 11 heteroatoms. The van der Waals surface area contributed by atoms with Crippen molar-refractivity contribution < 1.29 is 48.4 Å². The fourth-order valence-corrected chi connectivity index (χ4v) is 8.50. The van der Waals surface area contributed by atoms with Crippen LogP contribution in [-0.4, -0.2) is 75.4 Å². The Bertz CT molecular complexity index is 1320. The summed E-state index contributed by atoms with van der Waals surface area (Å²) in [6.45, 7) is 13.3. The molecule has 4 rings (SSSR count). The van der Waals surface area contributed by atoms with Crippen molar-refractivity contribution in [1.82, 2.24) is 5.32 Å². The fourth-order valence-electron chi connectivity index (χ4n) is 8.50. The molecule has 0 aromatic rings. The maximum Gasteiger partial charge on any atom is 0.408 e. The van der Waals surface area contributed by atoms with Crippen LogP contribution >= 0.6 is 0 Å². The van der Waals surface area contributed by atoms with Crippen molar-refractivity contribution in [3.05, 3.63) is 23.8 Å². The average Bonchev–Trinajstić information content (AvgIpc) is 3.18. The molecule has 3 N–H and O–H groups in total. The molecule has 0 aliphatic heterocycles. The summed E-state index contributed by atoms with van der Waals surface area (Å²) in [7, 11) is 0. The fraction of sp³-hybridized carbons (Fsp3) is 0.743. The van der Waals surface area contributed by atoms with Crippen LogP contribution in [0.25, 0.3) is 0 Å². The van der Waals surface area contributed by atoms with Crippen LogP contribution < -0.4 is 5.32 Å². The van der Waals surface area contributed by atoms with E-state index in [2.05, 4.69) is 12.2 Å². The summed E-state index contributed by atoms with van der Waals surface area (Å²) in [4.78, 5) is 63.9. The number of fused-ring (bicyclic) bond motifs is 5. The zero-order valence-corrected chi connectivity index (χ0v) is 28.4. The second kappa shape index (κ2) is 12.5. The molecule has 3 saturated carbocycles. The summed E-state index contributed by atoms with van der Waals surface area (Å²) in [6.07, 6.45) is 5.41. The number of esters is 2. The number of rotatable bonds is 8. The Labute approximate surface area is 271 Å². The van der Waals surface area contributed by atoms with Crippen molar-refractivity contribution in [3.63, 3.8) is 0 Å². The second-order valence-corrected chi connectivity index (χ2v) is 16.0. The third-order valence-electron chi connectivity index (χ3n) is 10.5. The SMILES string of the molecule is CC(C)(C)OC(=O)CC[C@H](NC(=O)OC(C)(C)C)C(=O)OCC(=O)[C@@]1(O)CC[C@@H]2[C@@H]3CCC4=CC(=O)C=C[C@]4(C)[C@@H]3[C@H](O)C[C@@]21C. The van der Waals surface area contributed by atoms with Crippen LogP contribution in [0.1, 0.15) is 100 Å². The number of alkyl carbamates (subject to hydrolysis) is 1. The molecule has 4 aliphatic rings. The van der Waals surface area contributed by atoms with Crippen LogP contribution in [0, 0.1) is 28.6 Å². The van der Waals surface area contributed by atoms with Crippen molar-refractivity contribution in [2.75, 3.05) is 6.61 Å². The van der Waals surface area contributed by atoms with Crippen LogP contribution in [0.15, 0.2) is 23.8 Å². The van der Waals surface area contributed by atoms with E-state index < -0.39 is 70.2 Å². The predicted molar refractivity (Wildman–Crippen MR) is 167 cm³/mol. The zero-order chi connectivity index (χ0) is 34.5. The van der Waals surface area contributed by atoms with E-state index >= 15 is 0 Å². The molecular weight excluding hydrogens is 594 g/mol. The first-order valence-electron chi connectivity index (χ1n) is 16.4. The Hall–Kier alpha value is -3.05. The average molecular weight is 646 g/mol. The van der Waals surface area contributed by atoms with E-state index in [0.29, 0.717) is 12.8 Å². The van der Waals surface area contributed by atoms with Gasteiger partial charge in [-0.2, -0.15) is 0 Å². The lowest BCUT2D eigenvalue weighted by Gasteiger charge is -2.59. The van der Waals surface area contributed by atoms with Gasteiger partial charge in [-0.25, -0.2) is 9.59 Å². The monoisotopic (exact) mass is 645 g/mol. The number of carbonyl (C=O) groups excluding carboxylic acids is 5. The van der Waals surface area contributed by atoms with Gasteiger partial charge in [-0.1, -0.05) is 25.5 Å². The van der Waals surface area contributed by atoms with E-state index in [4.69, 9.17) is 14.2 Å². The topological polar surface area (TPSA) is 166 Å². The summed E-state index contributed by atoms with van der Waals surface area (Å²) < 4.78 is 16.0. The number of allylic oxidation sites excluding steroid dienone is 4. The molecule has 46 heavy (non-hydrogen) atoms. The van der Waals surface area contributed by atoms with Crippen molar-refractivity contribution >= 4 is 29.6 Å². The highest BCUT2D eigenvalue weighted by Crippen LogP contribution is 2.67. The summed E-state index contributed by atoms with van der Waals surface area (Å²) in [5.41, 5.74) is -3.86. The Balaban J connectivity index is 1.46. The highest BCUT2D eigenvalue weighted by Gasteiger charge is 2.68. The largest absolute Gasteiger partial charge is 0.460 e. The number of carbonyl (C=O) groups is 5. The van der Waals surface area contributed by atoms with Gasteiger partial charge in [-0.15, -0.1) is 0 Å². The van der Waals surface area contributed by atoms with Gasteiger partial charge in [-0.05, 0) is 104 Å². The molecule has 0 spiro atoms. The second-order valence-electron chi connectivity index (χ2n) is 16.0. The van der Waals surface area contributed by atoms with Crippen molar-refractivity contribution in [2.45, 2.75) is 129 Å². The zero-order valence-electron chi connectivity index (χ0n) is 28.4. The molecule has 11 nitrogen and oxygen atoms in total. The number of hydrogen-bond donors (Lipinski definition) is 3. The minimum absolute atomic E-state index is 0.0217. The van der Waals surface area contributed by atoms with Gasteiger partial charge in [0.2, 0.25) is 5.78 Å². The normalized spacial score (nSPS) is 34.3. The van der Waals surface area contributed by atoms with Gasteiger partial charge in [0.15, 0.2) is 12.4 Å². The van der Waals surface area contributed by atoms with Crippen molar-refractivity contribution in [3.8, 4) is 0 Å².